The number of para-hydroxylation sites is 1. The van der Waals surface area contributed by atoms with E-state index in [-0.39, 0.29) is 11.7 Å². The van der Waals surface area contributed by atoms with Crippen molar-refractivity contribution in [2.45, 2.75) is 25.7 Å². The third kappa shape index (κ3) is 4.22. The Bertz CT molecular complexity index is 825. The fraction of sp³-hybridized carbons (Fsp3) is 0.250. The van der Waals surface area contributed by atoms with Crippen molar-refractivity contribution < 1.29 is 9.18 Å². The Hall–Kier alpha value is -2.62. The number of aryl methyl sites for hydroxylation is 1. The van der Waals surface area contributed by atoms with Crippen LogP contribution in [0.3, 0.4) is 0 Å². The topological polar surface area (TPSA) is 44.9 Å². The van der Waals surface area contributed by atoms with Crippen molar-refractivity contribution in [3.8, 4) is 0 Å². The first-order chi connectivity index (χ1) is 11.7. The molecule has 0 aliphatic rings. The number of nitrogens with one attached hydrogen (secondary N) is 2. The molecule has 0 aliphatic carbocycles. The molecule has 1 aromatic heterocycles. The van der Waals surface area contributed by atoms with Gasteiger partial charge in [-0.1, -0.05) is 30.3 Å². The van der Waals surface area contributed by atoms with Crippen LogP contribution >= 0.6 is 0 Å². The van der Waals surface area contributed by atoms with E-state index in [1.165, 1.54) is 23.1 Å². The predicted octanol–water partition coefficient (Wildman–Crippen LogP) is 3.99. The van der Waals surface area contributed by atoms with Gasteiger partial charge in [-0.05, 0) is 48.6 Å². The molecule has 1 amide bonds. The van der Waals surface area contributed by atoms with Crippen LogP contribution in [0.25, 0.3) is 10.9 Å². The average Bonchev–Trinajstić information content (AvgIpc) is 2.98. The molecule has 3 rings (SSSR count). The van der Waals surface area contributed by atoms with Crippen LogP contribution in [-0.2, 0) is 17.6 Å². The third-order valence-corrected chi connectivity index (χ3v) is 4.15. The minimum absolute atomic E-state index is 0.0474. The molecule has 0 fully saturated rings. The molecule has 2 aromatic carbocycles. The molecule has 24 heavy (non-hydrogen) atoms. The van der Waals surface area contributed by atoms with Crippen molar-refractivity contribution in [1.29, 1.82) is 0 Å². The van der Waals surface area contributed by atoms with Gasteiger partial charge >= 0.3 is 0 Å². The summed E-state index contributed by atoms with van der Waals surface area (Å²) in [6.07, 6.45) is 4.86. The molecule has 4 heteroatoms. The minimum Gasteiger partial charge on any atom is -0.361 e. The van der Waals surface area contributed by atoms with E-state index in [2.05, 4.69) is 22.4 Å². The van der Waals surface area contributed by atoms with Crippen LogP contribution in [-0.4, -0.2) is 17.4 Å². The van der Waals surface area contributed by atoms with Gasteiger partial charge in [0.05, 0.1) is 0 Å². The first kappa shape index (κ1) is 16.2. The lowest BCUT2D eigenvalue weighted by Gasteiger charge is -2.05. The highest BCUT2D eigenvalue weighted by Gasteiger charge is 2.05. The maximum absolute atomic E-state index is 13.1. The summed E-state index contributed by atoms with van der Waals surface area (Å²) >= 11 is 0. The summed E-state index contributed by atoms with van der Waals surface area (Å²) < 4.78 is 13.1. The number of hydrogen-bond acceptors (Lipinski definition) is 1. The molecule has 0 saturated heterocycles. The van der Waals surface area contributed by atoms with Crippen LogP contribution in [0.15, 0.2) is 54.7 Å². The molecule has 0 atom stereocenters. The Balaban J connectivity index is 1.40. The molecular formula is C20H21FN2O. The summed E-state index contributed by atoms with van der Waals surface area (Å²) in [5, 5.41) is 4.12. The standard InChI is InChI=1S/C20H21FN2O/c21-17-7-3-5-15(13-17)11-12-22-20(24)10-4-6-16-14-23-19-9-2-1-8-18(16)19/h1-3,5,7-9,13-14,23H,4,6,10-12H2,(H,22,24). The summed E-state index contributed by atoms with van der Waals surface area (Å²) in [4.78, 5) is 15.2. The minimum atomic E-state index is -0.238. The monoisotopic (exact) mass is 324 g/mol. The van der Waals surface area contributed by atoms with Gasteiger partial charge in [-0.3, -0.25) is 4.79 Å². The number of halogens is 1. The molecule has 2 N–H and O–H groups in total. The van der Waals surface area contributed by atoms with Crippen molar-refractivity contribution in [2.24, 2.45) is 0 Å². The second kappa shape index (κ2) is 7.77. The first-order valence-corrected chi connectivity index (χ1v) is 8.28. The zero-order valence-corrected chi connectivity index (χ0v) is 13.5. The van der Waals surface area contributed by atoms with Gasteiger partial charge in [-0.2, -0.15) is 0 Å². The van der Waals surface area contributed by atoms with Gasteiger partial charge in [0.15, 0.2) is 0 Å². The highest BCUT2D eigenvalue weighted by atomic mass is 19.1. The SMILES string of the molecule is O=C(CCCc1c[nH]c2ccccc12)NCCc1cccc(F)c1. The Kier molecular flexibility index (Phi) is 5.26. The number of hydrogen-bond donors (Lipinski definition) is 2. The molecule has 3 aromatic rings. The second-order valence-electron chi connectivity index (χ2n) is 5.94. The molecule has 0 aliphatic heterocycles. The van der Waals surface area contributed by atoms with E-state index in [1.54, 1.807) is 6.07 Å². The number of H-pyrrole nitrogens is 1. The average molecular weight is 324 g/mol. The predicted molar refractivity (Wildman–Crippen MR) is 94.4 cm³/mol. The zero-order chi connectivity index (χ0) is 16.8. The van der Waals surface area contributed by atoms with Crippen LogP contribution in [0.4, 0.5) is 4.39 Å². The van der Waals surface area contributed by atoms with Crippen molar-refractivity contribution in [1.82, 2.24) is 10.3 Å². The number of fused-ring (bicyclic) bond motifs is 1. The van der Waals surface area contributed by atoms with Gasteiger partial charge in [0.25, 0.3) is 0 Å². The van der Waals surface area contributed by atoms with E-state index in [1.807, 2.05) is 24.4 Å². The molecular weight excluding hydrogens is 303 g/mol. The van der Waals surface area contributed by atoms with E-state index in [0.29, 0.717) is 19.4 Å². The Morgan fingerprint density at radius 2 is 1.96 bits per heavy atom. The smallest absolute Gasteiger partial charge is 0.220 e. The van der Waals surface area contributed by atoms with Crippen LogP contribution in [0, 0.1) is 5.82 Å². The summed E-state index contributed by atoms with van der Waals surface area (Å²) in [5.74, 6) is -0.191. The van der Waals surface area contributed by atoms with Crippen molar-refractivity contribution in [3.63, 3.8) is 0 Å². The highest BCUT2D eigenvalue weighted by molar-refractivity contribution is 5.83. The lowest BCUT2D eigenvalue weighted by Crippen LogP contribution is -2.25. The summed E-state index contributed by atoms with van der Waals surface area (Å²) in [5.41, 5.74) is 3.28. The molecule has 3 nitrogen and oxygen atoms in total. The number of carbonyl (C=O) groups excluding carboxylic acids is 1. The molecule has 0 unspecified atom stereocenters. The molecule has 0 radical (unpaired) electrons. The molecule has 0 spiro atoms. The number of carbonyl (C=O) groups is 1. The fourth-order valence-corrected chi connectivity index (χ4v) is 2.90. The van der Waals surface area contributed by atoms with Crippen molar-refractivity contribution in [3.05, 3.63) is 71.7 Å². The van der Waals surface area contributed by atoms with Gasteiger partial charge in [0.1, 0.15) is 5.82 Å². The Morgan fingerprint density at radius 3 is 2.83 bits per heavy atom. The third-order valence-electron chi connectivity index (χ3n) is 4.15. The maximum Gasteiger partial charge on any atom is 0.220 e. The van der Waals surface area contributed by atoms with Gasteiger partial charge in [0, 0.05) is 30.1 Å². The number of rotatable bonds is 7. The normalized spacial score (nSPS) is 10.9. The van der Waals surface area contributed by atoms with Gasteiger partial charge < -0.3 is 10.3 Å². The van der Waals surface area contributed by atoms with Crippen LogP contribution < -0.4 is 5.32 Å². The fourth-order valence-electron chi connectivity index (χ4n) is 2.90. The second-order valence-corrected chi connectivity index (χ2v) is 5.94. The quantitative estimate of drug-likeness (QED) is 0.678. The molecule has 124 valence electrons. The molecule has 0 bridgehead atoms. The van der Waals surface area contributed by atoms with E-state index >= 15 is 0 Å². The number of aromatic amines is 1. The van der Waals surface area contributed by atoms with Crippen LogP contribution in [0.2, 0.25) is 0 Å². The largest absolute Gasteiger partial charge is 0.361 e. The lowest BCUT2D eigenvalue weighted by molar-refractivity contribution is -0.121. The Morgan fingerprint density at radius 1 is 1.08 bits per heavy atom. The van der Waals surface area contributed by atoms with Crippen molar-refractivity contribution >= 4 is 16.8 Å². The summed E-state index contributed by atoms with van der Waals surface area (Å²) in [6, 6.07) is 14.7. The van der Waals surface area contributed by atoms with Gasteiger partial charge in [-0.15, -0.1) is 0 Å². The number of amides is 1. The Labute approximate surface area is 140 Å². The van der Waals surface area contributed by atoms with Crippen LogP contribution in [0.1, 0.15) is 24.0 Å². The zero-order valence-electron chi connectivity index (χ0n) is 13.5. The maximum atomic E-state index is 13.1. The van der Waals surface area contributed by atoms with Crippen LogP contribution in [0.5, 0.6) is 0 Å². The summed E-state index contributed by atoms with van der Waals surface area (Å²) in [7, 11) is 0. The van der Waals surface area contributed by atoms with E-state index in [0.717, 1.165) is 23.9 Å². The van der Waals surface area contributed by atoms with E-state index in [4.69, 9.17) is 0 Å². The first-order valence-electron chi connectivity index (χ1n) is 8.28. The van der Waals surface area contributed by atoms with E-state index in [9.17, 15) is 9.18 Å². The summed E-state index contributed by atoms with van der Waals surface area (Å²) in [6.45, 7) is 0.537. The number of aromatic nitrogens is 1. The molecule has 0 saturated carbocycles. The molecule has 1 heterocycles. The van der Waals surface area contributed by atoms with E-state index < -0.39 is 0 Å². The van der Waals surface area contributed by atoms with Gasteiger partial charge in [0.2, 0.25) is 5.91 Å². The lowest BCUT2D eigenvalue weighted by atomic mass is 10.1. The highest BCUT2D eigenvalue weighted by Crippen LogP contribution is 2.19. The number of benzene rings is 2. The van der Waals surface area contributed by atoms with Gasteiger partial charge in [-0.25, -0.2) is 4.39 Å². The van der Waals surface area contributed by atoms with Crippen molar-refractivity contribution in [2.75, 3.05) is 6.54 Å².